The summed E-state index contributed by atoms with van der Waals surface area (Å²) in [7, 11) is -9.94. The molecule has 19 heteroatoms. The normalized spacial score (nSPS) is 14.3. The van der Waals surface area contributed by atoms with Crippen molar-refractivity contribution in [2.45, 2.75) is 432 Å². The van der Waals surface area contributed by atoms with Gasteiger partial charge in [0.1, 0.15) is 19.3 Å². The SMILES string of the molecule is CCCCCC/C=C\C=C/CCCCCCCC(=O)O[C@H](COC(=O)CCCCCCCCCCCCCC)COP(=O)(O)OC[C@H](O)COP(=O)(O)OC[C@@H](COC(=O)CCCCCCCCCCCCCCCCC(C)C)OC(=O)CCCCCCCCCCCCCCCCC(C)CC. The first kappa shape index (κ1) is 99.5. The molecule has 3 unspecified atom stereocenters. The van der Waals surface area contributed by atoms with E-state index in [9.17, 15) is 43.2 Å². The topological polar surface area (TPSA) is 237 Å². The number of carbonyl (C=O) groups is 4. The van der Waals surface area contributed by atoms with E-state index in [0.29, 0.717) is 25.7 Å². The summed E-state index contributed by atoms with van der Waals surface area (Å²) in [5, 5.41) is 10.7. The zero-order valence-corrected chi connectivity index (χ0v) is 68.2. The van der Waals surface area contributed by atoms with Crippen molar-refractivity contribution in [2.75, 3.05) is 39.6 Å². The molecule has 0 aromatic heterocycles. The van der Waals surface area contributed by atoms with Gasteiger partial charge in [0.2, 0.25) is 0 Å². The summed E-state index contributed by atoms with van der Waals surface area (Å²) in [5.74, 6) is -0.492. The van der Waals surface area contributed by atoms with Crippen LogP contribution in [0.4, 0.5) is 0 Å². The first-order valence-corrected chi connectivity index (χ1v) is 45.3. The molecule has 0 aliphatic carbocycles. The second-order valence-electron chi connectivity index (χ2n) is 29.9. The Morgan fingerprint density at radius 2 is 0.578 bits per heavy atom. The van der Waals surface area contributed by atoms with Crippen molar-refractivity contribution in [1.82, 2.24) is 0 Å². The van der Waals surface area contributed by atoms with Crippen LogP contribution in [0.5, 0.6) is 0 Å². The molecular formula is C83H158O17P2. The van der Waals surface area contributed by atoms with E-state index in [4.69, 9.17) is 37.0 Å². The molecule has 0 aliphatic rings. The summed E-state index contributed by atoms with van der Waals surface area (Å²) >= 11 is 0. The standard InChI is InChI=1S/C83H158O17P2/c1-7-10-12-14-16-18-20-22-23-31-37-43-49-55-61-67-82(87)99-78(71-93-80(85)65-59-53-47-41-35-21-19-17-15-13-11-8-2)73-97-101(89,90)95-69-77(84)70-96-102(91,92)98-74-79(72-94-81(86)66-60-54-48-42-36-30-26-24-28-33-39-45-51-57-63-75(4)5)100-83(88)68-62-56-50-44-38-32-27-25-29-34-40-46-52-58-64-76(6)9-3/h18,20,22-23,75-79,84H,7-17,19,21,24-74H2,1-6H3,(H,89,90)(H,91,92)/b20-18-,23-22-/t76?,77-,78+,79+/m0/s1. The Bertz CT molecular complexity index is 2060. The number of phosphoric ester groups is 2. The van der Waals surface area contributed by atoms with Crippen LogP contribution in [0.15, 0.2) is 24.3 Å². The van der Waals surface area contributed by atoms with Crippen molar-refractivity contribution < 1.29 is 80.2 Å². The van der Waals surface area contributed by atoms with E-state index in [2.05, 4.69) is 65.8 Å². The molecule has 0 bridgehead atoms. The fraction of sp³-hybridized carbons (Fsp3) is 0.904. The molecule has 0 aliphatic heterocycles. The molecule has 602 valence electrons. The second kappa shape index (κ2) is 74.0. The van der Waals surface area contributed by atoms with Gasteiger partial charge in [-0.2, -0.15) is 0 Å². The van der Waals surface area contributed by atoms with E-state index in [1.54, 1.807) is 0 Å². The number of rotatable bonds is 80. The van der Waals surface area contributed by atoms with Gasteiger partial charge in [-0.05, 0) is 63.2 Å². The van der Waals surface area contributed by atoms with E-state index in [-0.39, 0.29) is 25.7 Å². The number of aliphatic hydroxyl groups is 1. The van der Waals surface area contributed by atoms with Crippen molar-refractivity contribution in [3.63, 3.8) is 0 Å². The summed E-state index contributed by atoms with van der Waals surface area (Å²) in [6, 6.07) is 0. The van der Waals surface area contributed by atoms with Gasteiger partial charge in [-0.1, -0.05) is 361 Å². The smallest absolute Gasteiger partial charge is 0.462 e. The Morgan fingerprint density at radius 3 is 0.882 bits per heavy atom. The number of unbranched alkanes of at least 4 members (excludes halogenated alkanes) is 46. The van der Waals surface area contributed by atoms with Crippen molar-refractivity contribution in [2.24, 2.45) is 11.8 Å². The largest absolute Gasteiger partial charge is 0.472 e. The molecule has 17 nitrogen and oxygen atoms in total. The predicted molar refractivity (Wildman–Crippen MR) is 418 cm³/mol. The van der Waals surface area contributed by atoms with Crippen LogP contribution in [-0.2, 0) is 65.4 Å². The van der Waals surface area contributed by atoms with Crippen LogP contribution in [-0.4, -0.2) is 96.7 Å². The molecular weight excluding hydrogens is 1330 g/mol. The first-order valence-electron chi connectivity index (χ1n) is 42.3. The van der Waals surface area contributed by atoms with Gasteiger partial charge in [-0.3, -0.25) is 37.3 Å². The molecule has 0 saturated heterocycles. The van der Waals surface area contributed by atoms with Gasteiger partial charge in [-0.15, -0.1) is 0 Å². The van der Waals surface area contributed by atoms with Gasteiger partial charge in [0, 0.05) is 25.7 Å². The van der Waals surface area contributed by atoms with Gasteiger partial charge >= 0.3 is 39.5 Å². The minimum Gasteiger partial charge on any atom is -0.462 e. The van der Waals surface area contributed by atoms with Crippen LogP contribution in [0.2, 0.25) is 0 Å². The van der Waals surface area contributed by atoms with E-state index in [0.717, 1.165) is 115 Å². The molecule has 0 radical (unpaired) electrons. The molecule has 3 N–H and O–H groups in total. The van der Waals surface area contributed by atoms with E-state index in [1.807, 2.05) is 0 Å². The maximum atomic E-state index is 13.1. The van der Waals surface area contributed by atoms with Crippen LogP contribution in [0.1, 0.15) is 414 Å². The van der Waals surface area contributed by atoms with Crippen molar-refractivity contribution in [1.29, 1.82) is 0 Å². The maximum Gasteiger partial charge on any atom is 0.472 e. The quantitative estimate of drug-likeness (QED) is 0.0169. The number of aliphatic hydroxyl groups excluding tert-OH is 1. The van der Waals surface area contributed by atoms with Gasteiger partial charge in [0.25, 0.3) is 0 Å². The number of allylic oxidation sites excluding steroid dienone is 4. The maximum absolute atomic E-state index is 13.1. The van der Waals surface area contributed by atoms with E-state index in [1.165, 1.54) is 218 Å². The van der Waals surface area contributed by atoms with Gasteiger partial charge < -0.3 is 33.8 Å². The molecule has 0 aromatic carbocycles. The zero-order chi connectivity index (χ0) is 74.9. The number of hydrogen-bond acceptors (Lipinski definition) is 15. The van der Waals surface area contributed by atoms with Gasteiger partial charge in [0.05, 0.1) is 26.4 Å². The molecule has 0 amide bonds. The first-order chi connectivity index (χ1) is 49.4. The molecule has 0 spiro atoms. The average molecular weight is 1490 g/mol. The number of carbonyl (C=O) groups excluding carboxylic acids is 4. The Kier molecular flexibility index (Phi) is 72.2. The highest BCUT2D eigenvalue weighted by molar-refractivity contribution is 7.47. The number of phosphoric acid groups is 2. The highest BCUT2D eigenvalue weighted by atomic mass is 31.2. The molecule has 102 heavy (non-hydrogen) atoms. The molecule has 0 fully saturated rings. The van der Waals surface area contributed by atoms with Crippen molar-refractivity contribution in [3.05, 3.63) is 24.3 Å². The minimum absolute atomic E-state index is 0.0855. The summed E-state index contributed by atoms with van der Waals surface area (Å²) in [6.07, 6.45) is 67.2. The minimum atomic E-state index is -4.97. The fourth-order valence-electron chi connectivity index (χ4n) is 12.3. The van der Waals surface area contributed by atoms with Gasteiger partial charge in [0.15, 0.2) is 12.2 Å². The summed E-state index contributed by atoms with van der Waals surface area (Å²) in [6.45, 7) is 9.66. The van der Waals surface area contributed by atoms with Crippen LogP contribution in [0.25, 0.3) is 0 Å². The predicted octanol–water partition coefficient (Wildman–Crippen LogP) is 24.6. The Hall–Kier alpha value is -2.46. The Labute approximate surface area is 624 Å². The summed E-state index contributed by atoms with van der Waals surface area (Å²) in [4.78, 5) is 73.1. The number of ether oxygens (including phenoxy) is 4. The van der Waals surface area contributed by atoms with E-state index < -0.39 is 97.5 Å². The van der Waals surface area contributed by atoms with Crippen LogP contribution < -0.4 is 0 Å². The third-order valence-corrected chi connectivity index (χ3v) is 21.1. The monoisotopic (exact) mass is 1490 g/mol. The summed E-state index contributed by atoms with van der Waals surface area (Å²) < 4.78 is 68.8. The number of hydrogen-bond donors (Lipinski definition) is 3. The number of esters is 4. The molecule has 0 saturated carbocycles. The molecule has 0 heterocycles. The third kappa shape index (κ3) is 74.4. The van der Waals surface area contributed by atoms with E-state index >= 15 is 0 Å². The third-order valence-electron chi connectivity index (χ3n) is 19.2. The zero-order valence-electron chi connectivity index (χ0n) is 66.4. The van der Waals surface area contributed by atoms with Crippen molar-refractivity contribution >= 4 is 39.5 Å². The molecule has 0 aromatic rings. The van der Waals surface area contributed by atoms with Crippen LogP contribution >= 0.6 is 15.6 Å². The van der Waals surface area contributed by atoms with Gasteiger partial charge in [-0.25, -0.2) is 9.13 Å². The molecule has 6 atom stereocenters. The highest BCUT2D eigenvalue weighted by Gasteiger charge is 2.30. The lowest BCUT2D eigenvalue weighted by Gasteiger charge is -2.21. The van der Waals surface area contributed by atoms with Crippen LogP contribution in [0, 0.1) is 11.8 Å². The Morgan fingerprint density at radius 1 is 0.324 bits per heavy atom. The lowest BCUT2D eigenvalue weighted by atomic mass is 9.99. The van der Waals surface area contributed by atoms with Crippen molar-refractivity contribution in [3.8, 4) is 0 Å². The lowest BCUT2D eigenvalue weighted by Crippen LogP contribution is -2.30. The summed E-state index contributed by atoms with van der Waals surface area (Å²) in [5.41, 5.74) is 0. The Balaban J connectivity index is 5.30. The van der Waals surface area contributed by atoms with Crippen LogP contribution in [0.3, 0.4) is 0 Å². The average Bonchev–Trinajstić information content (AvgIpc) is 0.908. The molecule has 0 rings (SSSR count). The lowest BCUT2D eigenvalue weighted by molar-refractivity contribution is -0.161. The fourth-order valence-corrected chi connectivity index (χ4v) is 13.9. The second-order valence-corrected chi connectivity index (χ2v) is 32.8. The highest BCUT2D eigenvalue weighted by Crippen LogP contribution is 2.45.